The van der Waals surface area contributed by atoms with Gasteiger partial charge in [-0.05, 0) is 49.1 Å². The van der Waals surface area contributed by atoms with E-state index >= 15 is 0 Å². The van der Waals surface area contributed by atoms with Gasteiger partial charge in [0, 0.05) is 25.3 Å². The average molecular weight is 284 g/mol. The Morgan fingerprint density at radius 2 is 1.76 bits per heavy atom. The Balaban J connectivity index is 1.65. The van der Waals surface area contributed by atoms with Crippen molar-refractivity contribution in [3.05, 3.63) is 59.4 Å². The molecule has 0 atom stereocenters. The third kappa shape index (κ3) is 3.18. The Morgan fingerprint density at radius 1 is 1.05 bits per heavy atom. The number of aryl methyl sites for hydroxylation is 1. The second-order valence-corrected chi connectivity index (χ2v) is 5.65. The van der Waals surface area contributed by atoms with E-state index in [0.717, 1.165) is 18.7 Å². The van der Waals surface area contributed by atoms with Gasteiger partial charge in [-0.25, -0.2) is 4.39 Å². The van der Waals surface area contributed by atoms with Crippen LogP contribution in [0.25, 0.3) is 0 Å². The molecule has 0 aliphatic carbocycles. The van der Waals surface area contributed by atoms with Gasteiger partial charge in [0.1, 0.15) is 5.82 Å². The van der Waals surface area contributed by atoms with Crippen molar-refractivity contribution in [2.75, 3.05) is 23.3 Å². The van der Waals surface area contributed by atoms with Crippen molar-refractivity contribution in [1.82, 2.24) is 0 Å². The maximum Gasteiger partial charge on any atom is 0.146 e. The predicted molar refractivity (Wildman–Crippen MR) is 86.4 cm³/mol. The van der Waals surface area contributed by atoms with Crippen molar-refractivity contribution in [2.45, 2.75) is 26.3 Å². The fraction of sp³-hybridized carbons (Fsp3) is 0.333. The van der Waals surface area contributed by atoms with Gasteiger partial charge in [-0.1, -0.05) is 24.3 Å². The van der Waals surface area contributed by atoms with Crippen LogP contribution in [0.2, 0.25) is 0 Å². The molecule has 1 N–H and O–H groups in total. The normalized spacial score (nSPS) is 14.5. The third-order valence-electron chi connectivity index (χ3n) is 4.10. The third-order valence-corrected chi connectivity index (χ3v) is 4.10. The second-order valence-electron chi connectivity index (χ2n) is 5.65. The number of hydrogen-bond acceptors (Lipinski definition) is 2. The maximum absolute atomic E-state index is 13.8. The summed E-state index contributed by atoms with van der Waals surface area (Å²) in [4.78, 5) is 2.41. The molecule has 0 spiro atoms. The van der Waals surface area contributed by atoms with Gasteiger partial charge in [0.2, 0.25) is 0 Å². The summed E-state index contributed by atoms with van der Waals surface area (Å²) in [5.74, 6) is -0.191. The Labute approximate surface area is 125 Å². The minimum absolute atomic E-state index is 0.191. The molecule has 0 bridgehead atoms. The lowest BCUT2D eigenvalue weighted by Gasteiger charge is -2.18. The number of anilines is 2. The van der Waals surface area contributed by atoms with Crippen molar-refractivity contribution in [3.63, 3.8) is 0 Å². The molecule has 0 aromatic heterocycles. The van der Waals surface area contributed by atoms with Crippen LogP contribution in [0.5, 0.6) is 0 Å². The summed E-state index contributed by atoms with van der Waals surface area (Å²) in [6.07, 6.45) is 2.58. The quantitative estimate of drug-likeness (QED) is 0.898. The number of benzene rings is 2. The lowest BCUT2D eigenvalue weighted by atomic mass is 10.1. The molecule has 1 aliphatic heterocycles. The van der Waals surface area contributed by atoms with Crippen molar-refractivity contribution in [3.8, 4) is 0 Å². The summed E-state index contributed by atoms with van der Waals surface area (Å²) < 4.78 is 13.8. The van der Waals surface area contributed by atoms with E-state index in [9.17, 15) is 4.39 Å². The summed E-state index contributed by atoms with van der Waals surface area (Å²) in [7, 11) is 0. The summed E-state index contributed by atoms with van der Waals surface area (Å²) in [5.41, 5.74) is 3.99. The number of para-hydroxylation sites is 1. The van der Waals surface area contributed by atoms with E-state index in [0.29, 0.717) is 12.2 Å². The van der Waals surface area contributed by atoms with Crippen LogP contribution in [0.3, 0.4) is 0 Å². The van der Waals surface area contributed by atoms with E-state index in [4.69, 9.17) is 0 Å². The van der Waals surface area contributed by atoms with E-state index in [1.807, 2.05) is 13.0 Å². The van der Waals surface area contributed by atoms with Crippen molar-refractivity contribution in [2.24, 2.45) is 0 Å². The Kier molecular flexibility index (Phi) is 4.09. The van der Waals surface area contributed by atoms with E-state index in [1.54, 1.807) is 6.07 Å². The molecule has 0 saturated carbocycles. The SMILES string of the molecule is Cc1cccc(F)c1NCc1ccc(N2CCCC2)cc1. The number of halogens is 1. The summed E-state index contributed by atoms with van der Waals surface area (Å²) in [5, 5.41) is 3.20. The molecule has 1 saturated heterocycles. The zero-order valence-corrected chi connectivity index (χ0v) is 12.4. The number of nitrogens with zero attached hydrogens (tertiary/aromatic N) is 1. The van der Waals surface area contributed by atoms with Crippen LogP contribution in [0.15, 0.2) is 42.5 Å². The first kappa shape index (κ1) is 13.9. The molecule has 0 unspecified atom stereocenters. The van der Waals surface area contributed by atoms with E-state index in [1.165, 1.54) is 30.2 Å². The number of rotatable bonds is 4. The molecule has 2 aromatic rings. The highest BCUT2D eigenvalue weighted by Crippen LogP contribution is 2.22. The molecule has 1 heterocycles. The molecule has 21 heavy (non-hydrogen) atoms. The zero-order valence-electron chi connectivity index (χ0n) is 12.4. The molecule has 2 nitrogen and oxygen atoms in total. The average Bonchev–Trinajstić information content (AvgIpc) is 3.02. The molecule has 1 fully saturated rings. The highest BCUT2D eigenvalue weighted by atomic mass is 19.1. The van der Waals surface area contributed by atoms with Gasteiger partial charge in [0.05, 0.1) is 5.69 Å². The highest BCUT2D eigenvalue weighted by Gasteiger charge is 2.11. The molecular formula is C18H21FN2. The highest BCUT2D eigenvalue weighted by molar-refractivity contribution is 5.53. The van der Waals surface area contributed by atoms with Crippen LogP contribution in [0.4, 0.5) is 15.8 Å². The van der Waals surface area contributed by atoms with E-state index < -0.39 is 0 Å². The predicted octanol–water partition coefficient (Wildman–Crippen LogP) is 4.35. The van der Waals surface area contributed by atoms with Crippen LogP contribution >= 0.6 is 0 Å². The first-order chi connectivity index (χ1) is 10.2. The van der Waals surface area contributed by atoms with Gasteiger partial charge >= 0.3 is 0 Å². The number of nitrogens with one attached hydrogen (secondary N) is 1. The molecule has 2 aromatic carbocycles. The van der Waals surface area contributed by atoms with Gasteiger partial charge in [-0.2, -0.15) is 0 Å². The molecule has 3 heteroatoms. The Bertz CT molecular complexity index is 581. The van der Waals surface area contributed by atoms with Crippen LogP contribution in [0.1, 0.15) is 24.0 Å². The lowest BCUT2D eigenvalue weighted by Crippen LogP contribution is -2.17. The van der Waals surface area contributed by atoms with Gasteiger partial charge in [0.15, 0.2) is 0 Å². The van der Waals surface area contributed by atoms with Gasteiger partial charge < -0.3 is 10.2 Å². The largest absolute Gasteiger partial charge is 0.378 e. The molecule has 0 amide bonds. The minimum atomic E-state index is -0.191. The number of hydrogen-bond donors (Lipinski definition) is 1. The fourth-order valence-electron chi connectivity index (χ4n) is 2.85. The van der Waals surface area contributed by atoms with Gasteiger partial charge in [-0.3, -0.25) is 0 Å². The van der Waals surface area contributed by atoms with Gasteiger partial charge in [0.25, 0.3) is 0 Å². The molecular weight excluding hydrogens is 263 g/mol. The molecule has 3 rings (SSSR count). The van der Waals surface area contributed by atoms with E-state index in [2.05, 4.69) is 34.5 Å². The zero-order chi connectivity index (χ0) is 14.7. The fourth-order valence-corrected chi connectivity index (χ4v) is 2.85. The maximum atomic E-state index is 13.8. The minimum Gasteiger partial charge on any atom is -0.378 e. The topological polar surface area (TPSA) is 15.3 Å². The van der Waals surface area contributed by atoms with E-state index in [-0.39, 0.29) is 5.82 Å². The second kappa shape index (κ2) is 6.17. The first-order valence-electron chi connectivity index (χ1n) is 7.57. The van der Waals surface area contributed by atoms with Gasteiger partial charge in [-0.15, -0.1) is 0 Å². The van der Waals surface area contributed by atoms with Crippen molar-refractivity contribution >= 4 is 11.4 Å². The summed E-state index contributed by atoms with van der Waals surface area (Å²) in [6, 6.07) is 13.7. The standard InChI is InChI=1S/C18H21FN2/c1-14-5-4-6-17(19)18(14)20-13-15-7-9-16(10-8-15)21-11-2-3-12-21/h4-10,20H,2-3,11-13H2,1H3. The lowest BCUT2D eigenvalue weighted by molar-refractivity contribution is 0.629. The molecule has 110 valence electrons. The monoisotopic (exact) mass is 284 g/mol. The smallest absolute Gasteiger partial charge is 0.146 e. The summed E-state index contributed by atoms with van der Waals surface area (Å²) >= 11 is 0. The van der Waals surface area contributed by atoms with Crippen molar-refractivity contribution < 1.29 is 4.39 Å². The van der Waals surface area contributed by atoms with Crippen molar-refractivity contribution in [1.29, 1.82) is 0 Å². The molecule has 0 radical (unpaired) electrons. The van der Waals surface area contributed by atoms with Crippen LogP contribution in [0, 0.1) is 12.7 Å². The Morgan fingerprint density at radius 3 is 2.43 bits per heavy atom. The Hall–Kier alpha value is -2.03. The van der Waals surface area contributed by atoms with Crippen LogP contribution in [-0.4, -0.2) is 13.1 Å². The summed E-state index contributed by atoms with van der Waals surface area (Å²) in [6.45, 7) is 4.88. The van der Waals surface area contributed by atoms with Crippen LogP contribution < -0.4 is 10.2 Å². The first-order valence-corrected chi connectivity index (χ1v) is 7.57. The molecule has 1 aliphatic rings. The van der Waals surface area contributed by atoms with Crippen LogP contribution in [-0.2, 0) is 6.54 Å².